The predicted octanol–water partition coefficient (Wildman–Crippen LogP) is 5.23. The van der Waals surface area contributed by atoms with Crippen LogP contribution in [0.2, 0.25) is 0 Å². The summed E-state index contributed by atoms with van der Waals surface area (Å²) in [5, 5.41) is 5.30. The fourth-order valence-electron chi connectivity index (χ4n) is 3.16. The van der Waals surface area contributed by atoms with E-state index >= 15 is 0 Å². The number of benzene rings is 2. The lowest BCUT2D eigenvalue weighted by Crippen LogP contribution is -2.39. The monoisotopic (exact) mass is 433 g/mol. The van der Waals surface area contributed by atoms with Crippen LogP contribution in [0.15, 0.2) is 42.5 Å². The van der Waals surface area contributed by atoms with Gasteiger partial charge in [-0.1, -0.05) is 12.1 Å². The standard InChI is InChI=1S/C22H25F2N3O4/c1-22(2,3)31-21(29)27-10-9-14-11-17(8-7-15(14)13-27)26-20(28)25-16-5-4-6-18(12-16)30-19(23)24/h4-8,11-12,19H,9-10,13H2,1-3H3,(H2,25,26,28). The van der Waals surface area contributed by atoms with Gasteiger partial charge in [0.05, 0.1) is 0 Å². The highest BCUT2D eigenvalue weighted by molar-refractivity contribution is 5.99. The average Bonchev–Trinajstić information content (AvgIpc) is 2.66. The summed E-state index contributed by atoms with van der Waals surface area (Å²) in [6.45, 7) is 3.50. The maximum atomic E-state index is 12.3. The second-order valence-corrected chi connectivity index (χ2v) is 8.12. The zero-order chi connectivity index (χ0) is 22.6. The number of ether oxygens (including phenoxy) is 2. The van der Waals surface area contributed by atoms with Gasteiger partial charge in [0.2, 0.25) is 0 Å². The van der Waals surface area contributed by atoms with Gasteiger partial charge in [-0.2, -0.15) is 8.78 Å². The molecule has 2 N–H and O–H groups in total. The Hall–Kier alpha value is -3.36. The smallest absolute Gasteiger partial charge is 0.410 e. The van der Waals surface area contributed by atoms with Crippen LogP contribution in [0.1, 0.15) is 31.9 Å². The molecule has 9 heteroatoms. The lowest BCUT2D eigenvalue weighted by atomic mass is 9.99. The van der Waals surface area contributed by atoms with Gasteiger partial charge in [-0.3, -0.25) is 0 Å². The molecular weight excluding hydrogens is 408 g/mol. The third-order valence-corrected chi connectivity index (χ3v) is 4.45. The third kappa shape index (κ3) is 6.56. The van der Waals surface area contributed by atoms with Crippen molar-refractivity contribution in [2.75, 3.05) is 17.2 Å². The number of hydrogen-bond acceptors (Lipinski definition) is 4. The van der Waals surface area contributed by atoms with Gasteiger partial charge in [0.1, 0.15) is 11.4 Å². The molecule has 166 valence electrons. The van der Waals surface area contributed by atoms with Crippen molar-refractivity contribution >= 4 is 23.5 Å². The van der Waals surface area contributed by atoms with E-state index in [-0.39, 0.29) is 11.8 Å². The molecule has 0 aliphatic carbocycles. The van der Waals surface area contributed by atoms with Crippen molar-refractivity contribution in [1.29, 1.82) is 0 Å². The van der Waals surface area contributed by atoms with Crippen molar-refractivity contribution < 1.29 is 27.8 Å². The van der Waals surface area contributed by atoms with Gasteiger partial charge < -0.3 is 25.0 Å². The Labute approximate surface area is 179 Å². The van der Waals surface area contributed by atoms with Crippen molar-refractivity contribution in [3.8, 4) is 5.75 Å². The molecule has 7 nitrogen and oxygen atoms in total. The summed E-state index contributed by atoms with van der Waals surface area (Å²) >= 11 is 0. The Morgan fingerprint density at radius 1 is 1.03 bits per heavy atom. The second kappa shape index (κ2) is 9.20. The molecule has 1 heterocycles. The first-order chi connectivity index (χ1) is 14.6. The molecule has 0 atom stereocenters. The highest BCUT2D eigenvalue weighted by Crippen LogP contribution is 2.25. The quantitative estimate of drug-likeness (QED) is 0.692. The average molecular weight is 433 g/mol. The number of halogens is 2. The van der Waals surface area contributed by atoms with Gasteiger partial charge in [-0.05, 0) is 62.6 Å². The zero-order valence-electron chi connectivity index (χ0n) is 17.6. The van der Waals surface area contributed by atoms with Crippen molar-refractivity contribution in [2.45, 2.75) is 45.9 Å². The van der Waals surface area contributed by atoms with Gasteiger partial charge in [-0.15, -0.1) is 0 Å². The maximum absolute atomic E-state index is 12.3. The van der Waals surface area contributed by atoms with Crippen LogP contribution < -0.4 is 15.4 Å². The van der Waals surface area contributed by atoms with Crippen molar-refractivity contribution in [2.24, 2.45) is 0 Å². The lowest BCUT2D eigenvalue weighted by molar-refractivity contribution is -0.0498. The van der Waals surface area contributed by atoms with E-state index in [0.29, 0.717) is 30.9 Å². The summed E-state index contributed by atoms with van der Waals surface area (Å²) in [5.41, 5.74) is 2.37. The summed E-state index contributed by atoms with van der Waals surface area (Å²) in [7, 11) is 0. The van der Waals surface area contributed by atoms with Crippen molar-refractivity contribution in [3.05, 3.63) is 53.6 Å². The summed E-state index contributed by atoms with van der Waals surface area (Å²) in [6, 6.07) is 10.7. The SMILES string of the molecule is CC(C)(C)OC(=O)N1CCc2cc(NC(=O)Nc3cccc(OC(F)F)c3)ccc2C1. The van der Waals surface area contributed by atoms with Crippen LogP contribution in [0.25, 0.3) is 0 Å². The molecule has 2 aromatic rings. The molecule has 1 aliphatic rings. The van der Waals surface area contributed by atoms with Gasteiger partial charge in [-0.25, -0.2) is 9.59 Å². The normalized spacial score (nSPS) is 13.4. The van der Waals surface area contributed by atoms with Crippen LogP contribution >= 0.6 is 0 Å². The first-order valence-electron chi connectivity index (χ1n) is 9.82. The number of amides is 3. The number of hydrogen-bond donors (Lipinski definition) is 2. The summed E-state index contributed by atoms with van der Waals surface area (Å²) in [4.78, 5) is 26.2. The van der Waals surface area contributed by atoms with E-state index in [9.17, 15) is 18.4 Å². The molecule has 3 rings (SSSR count). The maximum Gasteiger partial charge on any atom is 0.410 e. The molecule has 0 aromatic heterocycles. The topological polar surface area (TPSA) is 79.9 Å². The van der Waals surface area contributed by atoms with E-state index in [0.717, 1.165) is 11.1 Å². The molecule has 0 saturated carbocycles. The fourth-order valence-corrected chi connectivity index (χ4v) is 3.16. The fraction of sp³-hybridized carbons (Fsp3) is 0.364. The van der Waals surface area contributed by atoms with Crippen LogP contribution in [0, 0.1) is 0 Å². The Bertz CT molecular complexity index is 960. The minimum Gasteiger partial charge on any atom is -0.444 e. The molecule has 0 spiro atoms. The summed E-state index contributed by atoms with van der Waals surface area (Å²) in [5.74, 6) is -0.0453. The number of alkyl halides is 2. The van der Waals surface area contributed by atoms with Crippen LogP contribution in [0.4, 0.5) is 29.7 Å². The van der Waals surface area contributed by atoms with Crippen LogP contribution in [0.5, 0.6) is 5.75 Å². The van der Waals surface area contributed by atoms with Gasteiger partial charge >= 0.3 is 18.7 Å². The zero-order valence-corrected chi connectivity index (χ0v) is 17.6. The molecule has 0 bridgehead atoms. The number of fused-ring (bicyclic) bond motifs is 1. The van der Waals surface area contributed by atoms with E-state index in [1.165, 1.54) is 18.2 Å². The Kier molecular flexibility index (Phi) is 6.62. The lowest BCUT2D eigenvalue weighted by Gasteiger charge is -2.31. The Balaban J connectivity index is 1.60. The van der Waals surface area contributed by atoms with E-state index in [2.05, 4.69) is 15.4 Å². The van der Waals surface area contributed by atoms with E-state index < -0.39 is 18.2 Å². The number of rotatable bonds is 4. The minimum atomic E-state index is -2.94. The predicted molar refractivity (Wildman–Crippen MR) is 113 cm³/mol. The molecule has 2 aromatic carbocycles. The first kappa shape index (κ1) is 22.3. The van der Waals surface area contributed by atoms with E-state index in [1.54, 1.807) is 17.0 Å². The molecular formula is C22H25F2N3O4. The van der Waals surface area contributed by atoms with Crippen molar-refractivity contribution in [1.82, 2.24) is 4.90 Å². The highest BCUT2D eigenvalue weighted by atomic mass is 19.3. The van der Waals surface area contributed by atoms with Gasteiger partial charge in [0.15, 0.2) is 0 Å². The molecule has 31 heavy (non-hydrogen) atoms. The van der Waals surface area contributed by atoms with Crippen LogP contribution in [-0.4, -0.2) is 35.8 Å². The highest BCUT2D eigenvalue weighted by Gasteiger charge is 2.25. The summed E-state index contributed by atoms with van der Waals surface area (Å²) < 4.78 is 34.4. The Morgan fingerprint density at radius 3 is 2.42 bits per heavy atom. The Morgan fingerprint density at radius 2 is 1.74 bits per heavy atom. The van der Waals surface area contributed by atoms with Crippen LogP contribution in [0.3, 0.4) is 0 Å². The summed E-state index contributed by atoms with van der Waals surface area (Å²) in [6.07, 6.45) is 0.288. The second-order valence-electron chi connectivity index (χ2n) is 8.12. The van der Waals surface area contributed by atoms with Crippen LogP contribution in [-0.2, 0) is 17.7 Å². The van der Waals surface area contributed by atoms with E-state index in [4.69, 9.17) is 4.74 Å². The number of nitrogens with one attached hydrogen (secondary N) is 2. The molecule has 3 amide bonds. The molecule has 0 saturated heterocycles. The van der Waals surface area contributed by atoms with Gasteiger partial charge in [0.25, 0.3) is 0 Å². The van der Waals surface area contributed by atoms with Crippen molar-refractivity contribution in [3.63, 3.8) is 0 Å². The number of carbonyl (C=O) groups is 2. The minimum absolute atomic E-state index is 0.0453. The largest absolute Gasteiger partial charge is 0.444 e. The third-order valence-electron chi connectivity index (χ3n) is 4.45. The molecule has 0 fully saturated rings. The number of carbonyl (C=O) groups excluding carboxylic acids is 2. The number of urea groups is 1. The van der Waals surface area contributed by atoms with E-state index in [1.807, 2.05) is 32.9 Å². The number of anilines is 2. The molecule has 0 radical (unpaired) electrons. The number of nitrogens with zero attached hydrogens (tertiary/aromatic N) is 1. The molecule has 1 aliphatic heterocycles. The van der Waals surface area contributed by atoms with Gasteiger partial charge in [0, 0.05) is 30.5 Å². The molecule has 0 unspecified atom stereocenters. The first-order valence-corrected chi connectivity index (χ1v) is 9.82.